The number of ether oxygens (including phenoxy) is 6. The Labute approximate surface area is 168 Å². The molecule has 2 aliphatic heterocycles. The van der Waals surface area contributed by atoms with Crippen LogP contribution in [0.5, 0.6) is 0 Å². The van der Waals surface area contributed by atoms with E-state index in [4.69, 9.17) is 28.4 Å². The van der Waals surface area contributed by atoms with Crippen molar-refractivity contribution in [2.45, 2.75) is 95.5 Å². The van der Waals surface area contributed by atoms with E-state index >= 15 is 0 Å². The van der Waals surface area contributed by atoms with Crippen molar-refractivity contribution in [2.24, 2.45) is 0 Å². The first kappa shape index (κ1) is 21.9. The number of carbonyl (C=O) groups is 3. The summed E-state index contributed by atoms with van der Waals surface area (Å²) >= 11 is 0. The van der Waals surface area contributed by atoms with Crippen molar-refractivity contribution in [2.75, 3.05) is 6.61 Å². The minimum absolute atomic E-state index is 0.329. The van der Waals surface area contributed by atoms with E-state index in [0.29, 0.717) is 12.8 Å². The average Bonchev–Trinajstić information content (AvgIpc) is 3.00. The Hall–Kier alpha value is -1.75. The Morgan fingerprint density at radius 1 is 0.966 bits per heavy atom. The van der Waals surface area contributed by atoms with Gasteiger partial charge in [0.2, 0.25) is 6.29 Å². The third-order valence-electron chi connectivity index (χ3n) is 5.27. The maximum absolute atomic E-state index is 11.7. The van der Waals surface area contributed by atoms with Crippen LogP contribution in [0.15, 0.2) is 0 Å². The normalized spacial score (nSPS) is 34.1. The highest BCUT2D eigenvalue weighted by Crippen LogP contribution is 2.46. The van der Waals surface area contributed by atoms with Gasteiger partial charge in [-0.25, -0.2) is 0 Å². The van der Waals surface area contributed by atoms with Gasteiger partial charge in [-0.1, -0.05) is 6.42 Å². The number of hydrogen-bond donors (Lipinski definition) is 1. The number of aliphatic hydroxyl groups is 1. The van der Waals surface area contributed by atoms with E-state index < -0.39 is 60.5 Å². The lowest BCUT2D eigenvalue weighted by molar-refractivity contribution is -0.288. The highest BCUT2D eigenvalue weighted by Gasteiger charge is 2.61. The predicted molar refractivity (Wildman–Crippen MR) is 94.2 cm³/mol. The van der Waals surface area contributed by atoms with Gasteiger partial charge in [-0.3, -0.25) is 14.4 Å². The van der Waals surface area contributed by atoms with Gasteiger partial charge in [0.1, 0.15) is 31.0 Å². The topological polar surface area (TPSA) is 127 Å². The second-order valence-corrected chi connectivity index (χ2v) is 7.66. The van der Waals surface area contributed by atoms with Crippen LogP contribution in [0.1, 0.15) is 52.9 Å². The van der Waals surface area contributed by atoms with Crippen molar-refractivity contribution in [1.29, 1.82) is 0 Å². The summed E-state index contributed by atoms with van der Waals surface area (Å²) in [5.74, 6) is -2.68. The van der Waals surface area contributed by atoms with Crippen LogP contribution in [-0.4, -0.2) is 72.2 Å². The van der Waals surface area contributed by atoms with Crippen molar-refractivity contribution < 1.29 is 47.9 Å². The molecule has 2 heterocycles. The Bertz CT molecular complexity index is 628. The van der Waals surface area contributed by atoms with Gasteiger partial charge in [0.05, 0.1) is 0 Å². The molecule has 0 amide bonds. The van der Waals surface area contributed by atoms with E-state index in [1.165, 1.54) is 20.8 Å². The molecule has 6 atom stereocenters. The van der Waals surface area contributed by atoms with E-state index in [1.54, 1.807) is 0 Å². The molecule has 0 aromatic rings. The summed E-state index contributed by atoms with van der Waals surface area (Å²) in [5, 5.41) is 10.6. The van der Waals surface area contributed by atoms with E-state index in [9.17, 15) is 19.5 Å². The Kier molecular flexibility index (Phi) is 6.77. The van der Waals surface area contributed by atoms with Crippen LogP contribution in [0.3, 0.4) is 0 Å². The number of rotatable bonds is 5. The predicted octanol–water partition coefficient (Wildman–Crippen LogP) is 0.575. The molecule has 0 radical (unpaired) electrons. The largest absolute Gasteiger partial charge is 0.463 e. The molecule has 3 rings (SSSR count). The van der Waals surface area contributed by atoms with Gasteiger partial charge in [0.15, 0.2) is 11.9 Å². The minimum atomic E-state index is -1.29. The van der Waals surface area contributed by atoms with Crippen LogP contribution in [0.4, 0.5) is 0 Å². The van der Waals surface area contributed by atoms with Crippen molar-refractivity contribution in [3.8, 4) is 0 Å². The molecule has 1 spiro atoms. The summed E-state index contributed by atoms with van der Waals surface area (Å²) in [6.45, 7) is 3.32. The molecule has 2 saturated heterocycles. The minimum Gasteiger partial charge on any atom is -0.463 e. The SMILES string of the molecule is CC(=O)OC[C@@H](O)[C@@H]1O[C@@H](OC(C)=O)[C@H](OC(C)=O)[C@@H]2OC3(CCCCC3)O[C@@H]21. The molecule has 0 unspecified atom stereocenters. The smallest absolute Gasteiger partial charge is 0.305 e. The van der Waals surface area contributed by atoms with E-state index in [1.807, 2.05) is 0 Å². The molecule has 0 aromatic heterocycles. The fraction of sp³-hybridized carbons (Fsp3) is 0.842. The molecule has 1 saturated carbocycles. The van der Waals surface area contributed by atoms with Crippen molar-refractivity contribution in [3.63, 3.8) is 0 Å². The Balaban J connectivity index is 1.88. The van der Waals surface area contributed by atoms with Gasteiger partial charge in [-0.2, -0.15) is 0 Å². The molecule has 10 heteroatoms. The molecule has 3 aliphatic rings. The molecular weight excluding hydrogens is 388 g/mol. The molecule has 10 nitrogen and oxygen atoms in total. The zero-order valence-electron chi connectivity index (χ0n) is 16.8. The van der Waals surface area contributed by atoms with Crippen LogP contribution in [0.25, 0.3) is 0 Å². The zero-order valence-corrected chi connectivity index (χ0v) is 16.8. The third-order valence-corrected chi connectivity index (χ3v) is 5.27. The van der Waals surface area contributed by atoms with Gasteiger partial charge in [0, 0.05) is 33.6 Å². The molecular formula is C19H28O10. The summed E-state index contributed by atoms with van der Waals surface area (Å²) in [5.41, 5.74) is 0. The summed E-state index contributed by atoms with van der Waals surface area (Å²) in [4.78, 5) is 34.4. The number of fused-ring (bicyclic) bond motifs is 1. The molecule has 3 fully saturated rings. The summed E-state index contributed by atoms with van der Waals surface area (Å²) in [6, 6.07) is 0. The number of carbonyl (C=O) groups excluding carboxylic acids is 3. The summed E-state index contributed by atoms with van der Waals surface area (Å²) < 4.78 is 33.7. The number of esters is 3. The van der Waals surface area contributed by atoms with E-state index in [-0.39, 0.29) is 6.61 Å². The van der Waals surface area contributed by atoms with Crippen molar-refractivity contribution >= 4 is 17.9 Å². The second-order valence-electron chi connectivity index (χ2n) is 7.66. The summed E-state index contributed by atoms with van der Waals surface area (Å²) in [7, 11) is 0. The molecule has 0 aromatic carbocycles. The monoisotopic (exact) mass is 416 g/mol. The Morgan fingerprint density at radius 3 is 2.17 bits per heavy atom. The average molecular weight is 416 g/mol. The van der Waals surface area contributed by atoms with Crippen LogP contribution in [0, 0.1) is 0 Å². The van der Waals surface area contributed by atoms with E-state index in [0.717, 1.165) is 19.3 Å². The molecule has 0 bridgehead atoms. The van der Waals surface area contributed by atoms with Gasteiger partial charge in [0.25, 0.3) is 0 Å². The first-order valence-electron chi connectivity index (χ1n) is 9.88. The lowest BCUT2D eigenvalue weighted by atomic mass is 9.94. The highest BCUT2D eigenvalue weighted by atomic mass is 16.8. The highest BCUT2D eigenvalue weighted by molar-refractivity contribution is 5.67. The third kappa shape index (κ3) is 5.06. The van der Waals surface area contributed by atoms with Gasteiger partial charge in [-0.15, -0.1) is 0 Å². The maximum Gasteiger partial charge on any atom is 0.305 e. The van der Waals surface area contributed by atoms with Crippen LogP contribution in [0.2, 0.25) is 0 Å². The van der Waals surface area contributed by atoms with Gasteiger partial charge >= 0.3 is 17.9 Å². The fourth-order valence-corrected chi connectivity index (χ4v) is 4.14. The quantitative estimate of drug-likeness (QED) is 0.502. The zero-order chi connectivity index (χ0) is 21.2. The summed E-state index contributed by atoms with van der Waals surface area (Å²) in [6.07, 6.45) is -2.06. The second kappa shape index (κ2) is 8.95. The van der Waals surface area contributed by atoms with Gasteiger partial charge < -0.3 is 33.5 Å². The molecule has 164 valence electrons. The molecule has 1 N–H and O–H groups in total. The van der Waals surface area contributed by atoms with Crippen LogP contribution >= 0.6 is 0 Å². The Morgan fingerprint density at radius 2 is 1.59 bits per heavy atom. The number of hydrogen-bond acceptors (Lipinski definition) is 10. The van der Waals surface area contributed by atoms with Gasteiger partial charge in [-0.05, 0) is 12.8 Å². The standard InChI is InChI=1S/C19H28O10/c1-10(20)24-9-13(23)14-15-16(29-19(28-15)7-5-4-6-8-19)17(25-11(2)21)18(27-14)26-12(3)22/h13-18,23H,4-9H2,1-3H3/t13-,14+,15-,16-,17-,18-/m1/s1. The first-order chi connectivity index (χ1) is 13.7. The fourth-order valence-electron chi connectivity index (χ4n) is 4.14. The molecule has 29 heavy (non-hydrogen) atoms. The van der Waals surface area contributed by atoms with Crippen LogP contribution in [-0.2, 0) is 42.8 Å². The first-order valence-corrected chi connectivity index (χ1v) is 9.88. The van der Waals surface area contributed by atoms with E-state index in [2.05, 4.69) is 0 Å². The number of aliphatic hydroxyl groups excluding tert-OH is 1. The van der Waals surface area contributed by atoms with Crippen molar-refractivity contribution in [3.05, 3.63) is 0 Å². The lowest BCUT2D eigenvalue weighted by Crippen LogP contribution is -2.62. The van der Waals surface area contributed by atoms with Crippen molar-refractivity contribution in [1.82, 2.24) is 0 Å². The maximum atomic E-state index is 11.7. The lowest BCUT2D eigenvalue weighted by Gasteiger charge is -2.42. The molecule has 1 aliphatic carbocycles. The van der Waals surface area contributed by atoms with Crippen LogP contribution < -0.4 is 0 Å².